The first-order valence-electron chi connectivity index (χ1n) is 7.99. The van der Waals surface area contributed by atoms with E-state index in [0.29, 0.717) is 5.69 Å². The number of rotatable bonds is 6. The number of benzene rings is 2. The Morgan fingerprint density at radius 1 is 1.07 bits per heavy atom. The second kappa shape index (κ2) is 7.20. The van der Waals surface area contributed by atoms with E-state index in [1.165, 1.54) is 18.5 Å². The molecule has 1 atom stereocenters. The van der Waals surface area contributed by atoms with Gasteiger partial charge in [0, 0.05) is 13.1 Å². The number of anilines is 1. The highest BCUT2D eigenvalue weighted by Crippen LogP contribution is 2.35. The van der Waals surface area contributed by atoms with Crippen molar-refractivity contribution in [2.45, 2.75) is 13.0 Å². The van der Waals surface area contributed by atoms with E-state index in [2.05, 4.69) is 10.1 Å². The van der Waals surface area contributed by atoms with E-state index in [1.54, 1.807) is 23.0 Å². The number of aromatic nitrogens is 3. The van der Waals surface area contributed by atoms with Gasteiger partial charge in [-0.15, -0.1) is 0 Å². The highest BCUT2D eigenvalue weighted by atomic mass is 16.6. The maximum Gasteiger partial charge on any atom is 0.299 e. The number of nitro benzene ring substituents is 2. The minimum Gasteiger partial charge on any atom is -0.362 e. The predicted octanol–water partition coefficient (Wildman–Crippen LogP) is 3.28. The zero-order valence-corrected chi connectivity index (χ0v) is 14.6. The Morgan fingerprint density at radius 2 is 1.78 bits per heavy atom. The second-order valence-corrected chi connectivity index (χ2v) is 5.91. The summed E-state index contributed by atoms with van der Waals surface area (Å²) in [5, 5.41) is 26.3. The molecule has 138 valence electrons. The lowest BCUT2D eigenvalue weighted by molar-refractivity contribution is -0.393. The lowest BCUT2D eigenvalue weighted by Crippen LogP contribution is -2.22. The molecule has 0 aliphatic carbocycles. The van der Waals surface area contributed by atoms with Crippen LogP contribution in [0.25, 0.3) is 5.69 Å². The van der Waals surface area contributed by atoms with Crippen LogP contribution in [0.15, 0.2) is 55.1 Å². The molecule has 2 aromatic carbocycles. The monoisotopic (exact) mass is 368 g/mol. The Labute approximate surface area is 154 Å². The van der Waals surface area contributed by atoms with Gasteiger partial charge in [0.25, 0.3) is 11.4 Å². The molecule has 1 aromatic heterocycles. The maximum absolute atomic E-state index is 11.4. The Kier molecular flexibility index (Phi) is 4.79. The molecular formula is C17H16N6O4. The lowest BCUT2D eigenvalue weighted by Gasteiger charge is -2.27. The highest BCUT2D eigenvalue weighted by Gasteiger charge is 2.24. The molecular weight excluding hydrogens is 352 g/mol. The van der Waals surface area contributed by atoms with Gasteiger partial charge in [-0.3, -0.25) is 20.2 Å². The first-order chi connectivity index (χ1) is 12.9. The summed E-state index contributed by atoms with van der Waals surface area (Å²) in [5.74, 6) is 0. The van der Waals surface area contributed by atoms with Crippen LogP contribution in [0, 0.1) is 20.2 Å². The Bertz CT molecular complexity index is 972. The van der Waals surface area contributed by atoms with Crippen LogP contribution in [0.2, 0.25) is 0 Å². The van der Waals surface area contributed by atoms with Gasteiger partial charge in [0.1, 0.15) is 18.3 Å². The van der Waals surface area contributed by atoms with Crippen LogP contribution in [0.4, 0.5) is 17.1 Å². The predicted molar refractivity (Wildman–Crippen MR) is 97.9 cm³/mol. The summed E-state index contributed by atoms with van der Waals surface area (Å²) in [4.78, 5) is 26.6. The zero-order valence-electron chi connectivity index (χ0n) is 14.6. The molecule has 27 heavy (non-hydrogen) atoms. The van der Waals surface area contributed by atoms with Gasteiger partial charge in [0.15, 0.2) is 0 Å². The van der Waals surface area contributed by atoms with Gasteiger partial charge in [-0.2, -0.15) is 5.10 Å². The molecule has 0 N–H and O–H groups in total. The topological polar surface area (TPSA) is 120 Å². The SMILES string of the molecule is CC(c1ccc(-n2cncn2)cc1)N(C)c1ccc([N+](=O)[O-])cc1[N+](=O)[O-]. The van der Waals surface area contributed by atoms with Crippen molar-refractivity contribution in [1.29, 1.82) is 0 Å². The normalized spacial score (nSPS) is 11.8. The van der Waals surface area contributed by atoms with E-state index in [0.717, 1.165) is 17.3 Å². The fourth-order valence-electron chi connectivity index (χ4n) is 2.75. The minimum absolute atomic E-state index is 0.199. The summed E-state index contributed by atoms with van der Waals surface area (Å²) in [6.45, 7) is 1.90. The van der Waals surface area contributed by atoms with Gasteiger partial charge < -0.3 is 4.90 Å². The summed E-state index contributed by atoms with van der Waals surface area (Å²) < 4.78 is 1.62. The summed E-state index contributed by atoms with van der Waals surface area (Å²) in [6.07, 6.45) is 3.03. The molecule has 0 saturated carbocycles. The zero-order chi connectivity index (χ0) is 19.6. The second-order valence-electron chi connectivity index (χ2n) is 5.91. The quantitative estimate of drug-likeness (QED) is 0.483. The number of hydrogen-bond acceptors (Lipinski definition) is 7. The van der Waals surface area contributed by atoms with E-state index < -0.39 is 9.85 Å². The fraction of sp³-hybridized carbons (Fsp3) is 0.176. The van der Waals surface area contributed by atoms with Crippen LogP contribution in [0.5, 0.6) is 0 Å². The number of non-ortho nitro benzene ring substituents is 1. The lowest BCUT2D eigenvalue weighted by atomic mass is 10.1. The maximum atomic E-state index is 11.4. The van der Waals surface area contributed by atoms with Crippen molar-refractivity contribution >= 4 is 17.1 Å². The van der Waals surface area contributed by atoms with E-state index in [4.69, 9.17) is 0 Å². The molecule has 3 rings (SSSR count). The van der Waals surface area contributed by atoms with Crippen molar-refractivity contribution < 1.29 is 9.85 Å². The van der Waals surface area contributed by atoms with Crippen molar-refractivity contribution in [2.24, 2.45) is 0 Å². The third-order valence-electron chi connectivity index (χ3n) is 4.39. The van der Waals surface area contributed by atoms with Crippen molar-refractivity contribution in [1.82, 2.24) is 14.8 Å². The van der Waals surface area contributed by atoms with Gasteiger partial charge >= 0.3 is 0 Å². The van der Waals surface area contributed by atoms with Crippen LogP contribution in [0.1, 0.15) is 18.5 Å². The molecule has 1 unspecified atom stereocenters. The molecule has 0 aliphatic rings. The van der Waals surface area contributed by atoms with Gasteiger partial charge in [0.2, 0.25) is 0 Å². The van der Waals surface area contributed by atoms with Gasteiger partial charge in [-0.25, -0.2) is 9.67 Å². The van der Waals surface area contributed by atoms with Crippen LogP contribution < -0.4 is 4.90 Å². The molecule has 10 nitrogen and oxygen atoms in total. The molecule has 3 aromatic rings. The van der Waals surface area contributed by atoms with Crippen LogP contribution in [-0.4, -0.2) is 31.7 Å². The van der Waals surface area contributed by atoms with Crippen LogP contribution in [-0.2, 0) is 0 Å². The average molecular weight is 368 g/mol. The molecule has 1 heterocycles. The number of hydrogen-bond donors (Lipinski definition) is 0. The molecule has 10 heteroatoms. The van der Waals surface area contributed by atoms with Gasteiger partial charge in [-0.1, -0.05) is 12.1 Å². The summed E-state index contributed by atoms with van der Waals surface area (Å²) in [5.41, 5.74) is 1.45. The van der Waals surface area contributed by atoms with Crippen molar-refractivity contribution in [3.05, 3.63) is 80.9 Å². The third-order valence-corrected chi connectivity index (χ3v) is 4.39. The van der Waals surface area contributed by atoms with Crippen molar-refractivity contribution in [3.8, 4) is 5.69 Å². The Morgan fingerprint density at radius 3 is 2.33 bits per heavy atom. The summed E-state index contributed by atoms with van der Waals surface area (Å²) in [6, 6.07) is 11.0. The standard InChI is InChI=1S/C17H16N6O4/c1-12(13-3-5-14(6-4-13)21-11-18-10-19-21)20(2)16-8-7-15(22(24)25)9-17(16)23(26)27/h3-12H,1-2H3. The van der Waals surface area contributed by atoms with E-state index >= 15 is 0 Å². The molecule has 0 bridgehead atoms. The van der Waals surface area contributed by atoms with Gasteiger partial charge in [-0.05, 0) is 30.7 Å². The Hall–Kier alpha value is -3.82. The van der Waals surface area contributed by atoms with E-state index in [1.807, 2.05) is 31.2 Å². The molecule has 0 fully saturated rings. The number of nitrogens with zero attached hydrogens (tertiary/aromatic N) is 6. The molecule has 0 aliphatic heterocycles. The van der Waals surface area contributed by atoms with Gasteiger partial charge in [0.05, 0.1) is 27.6 Å². The highest BCUT2D eigenvalue weighted by molar-refractivity contribution is 5.67. The largest absolute Gasteiger partial charge is 0.362 e. The molecule has 0 amide bonds. The van der Waals surface area contributed by atoms with Crippen LogP contribution in [0.3, 0.4) is 0 Å². The van der Waals surface area contributed by atoms with Crippen LogP contribution >= 0.6 is 0 Å². The summed E-state index contributed by atoms with van der Waals surface area (Å²) in [7, 11) is 1.71. The molecule has 0 spiro atoms. The fourth-order valence-corrected chi connectivity index (χ4v) is 2.75. The smallest absolute Gasteiger partial charge is 0.299 e. The first kappa shape index (κ1) is 18.0. The minimum atomic E-state index is -0.650. The van der Waals surface area contributed by atoms with E-state index in [9.17, 15) is 20.2 Å². The van der Waals surface area contributed by atoms with Crippen molar-refractivity contribution in [3.63, 3.8) is 0 Å². The van der Waals surface area contributed by atoms with Crippen molar-refractivity contribution in [2.75, 3.05) is 11.9 Å². The molecule has 0 saturated heterocycles. The summed E-state index contributed by atoms with van der Waals surface area (Å²) >= 11 is 0. The number of nitro groups is 2. The molecule has 0 radical (unpaired) electrons. The first-order valence-corrected chi connectivity index (χ1v) is 7.99. The average Bonchev–Trinajstić information content (AvgIpc) is 3.21. The third kappa shape index (κ3) is 3.59. The van der Waals surface area contributed by atoms with E-state index in [-0.39, 0.29) is 17.4 Å². The Balaban J connectivity index is 1.90.